The Morgan fingerprint density at radius 1 is 1.35 bits per heavy atom. The maximum absolute atomic E-state index is 12.2. The highest BCUT2D eigenvalue weighted by Gasteiger charge is 2.25. The smallest absolute Gasteiger partial charge is 0.318 e. The van der Waals surface area contributed by atoms with Gasteiger partial charge >= 0.3 is 6.03 Å². The van der Waals surface area contributed by atoms with Crippen LogP contribution < -0.4 is 5.32 Å². The van der Waals surface area contributed by atoms with Gasteiger partial charge in [0.15, 0.2) is 0 Å². The summed E-state index contributed by atoms with van der Waals surface area (Å²) < 4.78 is 5.74. The highest BCUT2D eigenvalue weighted by Crippen LogP contribution is 2.23. The van der Waals surface area contributed by atoms with Gasteiger partial charge in [0.25, 0.3) is 0 Å². The molecule has 2 aromatic rings. The van der Waals surface area contributed by atoms with Gasteiger partial charge in [-0.2, -0.15) is 11.3 Å². The van der Waals surface area contributed by atoms with Crippen molar-refractivity contribution in [2.45, 2.75) is 6.10 Å². The highest BCUT2D eigenvalue weighted by atomic mass is 32.1. The lowest BCUT2D eigenvalue weighted by atomic mass is 10.1. The third-order valence-electron chi connectivity index (χ3n) is 3.60. The van der Waals surface area contributed by atoms with Crippen molar-refractivity contribution in [2.75, 3.05) is 26.2 Å². The molecular formula is C18H18N2O2S. The number of amides is 2. The molecule has 2 heterocycles. The molecule has 1 aromatic carbocycles. The number of nitrogens with one attached hydrogen (secondary N) is 1. The molecule has 0 saturated carbocycles. The first-order valence-electron chi connectivity index (χ1n) is 7.53. The summed E-state index contributed by atoms with van der Waals surface area (Å²) in [6.45, 7) is 2.09. The minimum atomic E-state index is -0.0871. The largest absolute Gasteiger partial charge is 0.370 e. The molecule has 5 heteroatoms. The molecule has 23 heavy (non-hydrogen) atoms. The Labute approximate surface area is 140 Å². The fraction of sp³-hybridized carbons (Fsp3) is 0.278. The van der Waals surface area contributed by atoms with Gasteiger partial charge in [-0.3, -0.25) is 0 Å². The second-order valence-electron chi connectivity index (χ2n) is 5.19. The zero-order valence-corrected chi connectivity index (χ0v) is 13.5. The monoisotopic (exact) mass is 326 g/mol. The van der Waals surface area contributed by atoms with Crippen LogP contribution in [-0.4, -0.2) is 37.2 Å². The molecule has 0 aliphatic carbocycles. The van der Waals surface area contributed by atoms with Crippen LogP contribution in [0.25, 0.3) is 0 Å². The number of benzene rings is 1. The van der Waals surface area contributed by atoms with E-state index in [2.05, 4.69) is 22.5 Å². The van der Waals surface area contributed by atoms with Crippen molar-refractivity contribution in [3.05, 3.63) is 58.3 Å². The summed E-state index contributed by atoms with van der Waals surface area (Å²) in [5.74, 6) is 6.00. The number of carbonyl (C=O) groups excluding carboxylic acids is 1. The van der Waals surface area contributed by atoms with Gasteiger partial charge in [0.1, 0.15) is 6.10 Å². The standard InChI is InChI=1S/C18H18N2O2S/c21-18(19-9-4-7-15-5-2-1-3-6-15)20-10-11-22-17(13-20)16-8-12-23-14-16/h1-3,5-6,8,12,14,17H,9-11,13H2,(H,19,21)/t17-/m1/s1. The molecular weight excluding hydrogens is 308 g/mol. The second-order valence-corrected chi connectivity index (χ2v) is 5.97. The van der Waals surface area contributed by atoms with Crippen LogP contribution in [0.1, 0.15) is 17.2 Å². The van der Waals surface area contributed by atoms with Gasteiger partial charge in [0, 0.05) is 12.1 Å². The van der Waals surface area contributed by atoms with E-state index in [0.717, 1.165) is 11.1 Å². The van der Waals surface area contributed by atoms with Crippen molar-refractivity contribution in [3.63, 3.8) is 0 Å². The average molecular weight is 326 g/mol. The summed E-state index contributed by atoms with van der Waals surface area (Å²) in [7, 11) is 0. The van der Waals surface area contributed by atoms with Crippen molar-refractivity contribution in [1.29, 1.82) is 0 Å². The highest BCUT2D eigenvalue weighted by molar-refractivity contribution is 7.07. The van der Waals surface area contributed by atoms with E-state index in [0.29, 0.717) is 26.2 Å². The number of nitrogens with zero attached hydrogens (tertiary/aromatic N) is 1. The summed E-state index contributed by atoms with van der Waals surface area (Å²) in [4.78, 5) is 14.0. The quantitative estimate of drug-likeness (QED) is 0.862. The fourth-order valence-corrected chi connectivity index (χ4v) is 3.09. The Morgan fingerprint density at radius 2 is 2.22 bits per heavy atom. The van der Waals surface area contributed by atoms with Crippen LogP contribution in [0.3, 0.4) is 0 Å². The molecule has 1 atom stereocenters. The van der Waals surface area contributed by atoms with Crippen molar-refractivity contribution in [3.8, 4) is 11.8 Å². The van der Waals surface area contributed by atoms with E-state index in [9.17, 15) is 4.79 Å². The van der Waals surface area contributed by atoms with Crippen LogP contribution in [0.4, 0.5) is 4.79 Å². The first-order chi connectivity index (χ1) is 11.3. The third kappa shape index (κ3) is 4.35. The van der Waals surface area contributed by atoms with Gasteiger partial charge in [-0.05, 0) is 34.5 Å². The van der Waals surface area contributed by atoms with E-state index in [-0.39, 0.29) is 12.1 Å². The second kappa shape index (κ2) is 7.82. The van der Waals surface area contributed by atoms with Gasteiger partial charge in [-0.25, -0.2) is 4.79 Å². The molecule has 0 spiro atoms. The molecule has 4 nitrogen and oxygen atoms in total. The maximum Gasteiger partial charge on any atom is 0.318 e. The summed E-state index contributed by atoms with van der Waals surface area (Å²) >= 11 is 1.64. The van der Waals surface area contributed by atoms with Crippen molar-refractivity contribution in [2.24, 2.45) is 0 Å². The van der Waals surface area contributed by atoms with Crippen LogP contribution in [0.2, 0.25) is 0 Å². The van der Waals surface area contributed by atoms with Gasteiger partial charge in [-0.15, -0.1) is 0 Å². The number of hydrogen-bond acceptors (Lipinski definition) is 3. The Bertz CT molecular complexity index is 689. The van der Waals surface area contributed by atoms with Crippen molar-refractivity contribution < 1.29 is 9.53 Å². The molecule has 1 saturated heterocycles. The average Bonchev–Trinajstić information content (AvgIpc) is 3.14. The summed E-state index contributed by atoms with van der Waals surface area (Å²) in [5, 5.41) is 6.94. The Balaban J connectivity index is 1.49. The zero-order valence-electron chi connectivity index (χ0n) is 12.7. The first kappa shape index (κ1) is 15.6. The Hall–Kier alpha value is -2.29. The molecule has 0 radical (unpaired) electrons. The van der Waals surface area contributed by atoms with Gasteiger partial charge in [0.2, 0.25) is 0 Å². The number of urea groups is 1. The van der Waals surface area contributed by atoms with Crippen LogP contribution in [0, 0.1) is 11.8 Å². The number of ether oxygens (including phenoxy) is 1. The lowest BCUT2D eigenvalue weighted by Crippen LogP contribution is -2.47. The van der Waals surface area contributed by atoms with E-state index in [1.165, 1.54) is 0 Å². The van der Waals surface area contributed by atoms with Crippen LogP contribution in [0.15, 0.2) is 47.2 Å². The molecule has 0 unspecified atom stereocenters. The molecule has 1 aliphatic rings. The molecule has 118 valence electrons. The molecule has 1 aromatic heterocycles. The van der Waals surface area contributed by atoms with E-state index in [4.69, 9.17) is 4.74 Å². The maximum atomic E-state index is 12.2. The molecule has 1 aliphatic heterocycles. The number of hydrogen-bond donors (Lipinski definition) is 1. The predicted octanol–water partition coefficient (Wildman–Crippen LogP) is 2.88. The van der Waals surface area contributed by atoms with Crippen LogP contribution in [0.5, 0.6) is 0 Å². The van der Waals surface area contributed by atoms with Crippen molar-refractivity contribution in [1.82, 2.24) is 10.2 Å². The predicted molar refractivity (Wildman–Crippen MR) is 91.3 cm³/mol. The number of carbonyl (C=O) groups is 1. The van der Waals surface area contributed by atoms with E-state index < -0.39 is 0 Å². The summed E-state index contributed by atoms with van der Waals surface area (Å²) in [5.41, 5.74) is 2.09. The van der Waals surface area contributed by atoms with Gasteiger partial charge < -0.3 is 15.0 Å². The molecule has 1 N–H and O–H groups in total. The van der Waals surface area contributed by atoms with E-state index in [1.54, 1.807) is 16.2 Å². The zero-order chi connectivity index (χ0) is 15.9. The fourth-order valence-electron chi connectivity index (χ4n) is 2.39. The van der Waals surface area contributed by atoms with Crippen LogP contribution in [-0.2, 0) is 4.74 Å². The molecule has 1 fully saturated rings. The van der Waals surface area contributed by atoms with Crippen LogP contribution >= 0.6 is 11.3 Å². The lowest BCUT2D eigenvalue weighted by Gasteiger charge is -2.32. The molecule has 3 rings (SSSR count). The first-order valence-corrected chi connectivity index (χ1v) is 8.47. The molecule has 2 amide bonds. The minimum Gasteiger partial charge on any atom is -0.370 e. The normalized spacial score (nSPS) is 17.2. The molecule has 0 bridgehead atoms. The Kier molecular flexibility index (Phi) is 5.30. The Morgan fingerprint density at radius 3 is 3.00 bits per heavy atom. The number of morpholine rings is 1. The topological polar surface area (TPSA) is 41.6 Å². The van der Waals surface area contributed by atoms with Crippen molar-refractivity contribution >= 4 is 17.4 Å². The number of rotatable bonds is 2. The summed E-state index contributed by atoms with van der Waals surface area (Å²) in [6, 6.07) is 11.7. The third-order valence-corrected chi connectivity index (χ3v) is 4.30. The lowest BCUT2D eigenvalue weighted by molar-refractivity contribution is -0.0150. The minimum absolute atomic E-state index is 0.0313. The SMILES string of the molecule is O=C(NCC#Cc1ccccc1)N1CCO[C@@H](c2ccsc2)C1. The number of thiophene rings is 1. The van der Waals surface area contributed by atoms with E-state index >= 15 is 0 Å². The van der Waals surface area contributed by atoms with E-state index in [1.807, 2.05) is 41.8 Å². The van der Waals surface area contributed by atoms with Gasteiger partial charge in [0.05, 0.1) is 19.7 Å². The summed E-state index contributed by atoms with van der Waals surface area (Å²) in [6.07, 6.45) is -0.0313. The van der Waals surface area contributed by atoms with Gasteiger partial charge in [-0.1, -0.05) is 30.0 Å².